The molecule has 1 saturated heterocycles. The number of urea groups is 1. The molecule has 2 heterocycles. The van der Waals surface area contributed by atoms with E-state index >= 15 is 0 Å². The number of methoxy groups -OCH3 is 1. The number of esters is 1. The van der Waals surface area contributed by atoms with Gasteiger partial charge in [0.1, 0.15) is 18.3 Å². The lowest BCUT2D eigenvalue weighted by molar-refractivity contribution is -0.911. The van der Waals surface area contributed by atoms with Gasteiger partial charge in [0.15, 0.2) is 11.5 Å². The number of amides is 3. The summed E-state index contributed by atoms with van der Waals surface area (Å²) in [5.41, 5.74) is 2.89. The summed E-state index contributed by atoms with van der Waals surface area (Å²) in [6.07, 6.45) is 1.11. The van der Waals surface area contributed by atoms with Gasteiger partial charge in [-0.1, -0.05) is 12.1 Å². The fraction of sp³-hybridized carbons (Fsp3) is 0.364. The van der Waals surface area contributed by atoms with E-state index in [-0.39, 0.29) is 25.3 Å². The Hall–Kier alpha value is -4.77. The quantitative estimate of drug-likeness (QED) is 0.225. The third kappa shape index (κ3) is 7.78. The highest BCUT2D eigenvalue weighted by molar-refractivity contribution is 5.95. The van der Waals surface area contributed by atoms with Crippen LogP contribution in [0.1, 0.15) is 34.8 Å². The molecule has 1 unspecified atom stereocenters. The molecule has 5 rings (SSSR count). The Balaban J connectivity index is 1.22. The predicted molar refractivity (Wildman–Crippen MR) is 164 cm³/mol. The van der Waals surface area contributed by atoms with Crippen molar-refractivity contribution in [2.75, 3.05) is 46.0 Å². The lowest BCUT2D eigenvalue weighted by Gasteiger charge is -2.30. The first-order chi connectivity index (χ1) is 21.2. The van der Waals surface area contributed by atoms with Crippen LogP contribution >= 0.6 is 0 Å². The Kier molecular flexibility index (Phi) is 9.54. The number of nitrogens with zero attached hydrogens (tertiary/aromatic N) is 1. The van der Waals surface area contributed by atoms with Gasteiger partial charge >= 0.3 is 12.0 Å². The standard InChI is InChI=1S/C33H38N4O7/c1-4-42-32(39)24-8-10-25(11-9-24)35-33(40)36-28(17-22-5-12-27(41-3)13-6-22)31(38)34-26-15-16-37(2,20-26)19-23-7-14-29-30(18-23)44-21-43-29/h5-14,18,26,28H,4,15-17,19-21H2,1-3H3,(H2-,34,35,36,38,39,40)/p+1/t26-,28-,37?/m0/s1. The van der Waals surface area contributed by atoms with Gasteiger partial charge in [0.25, 0.3) is 0 Å². The summed E-state index contributed by atoms with van der Waals surface area (Å²) in [5, 5.41) is 8.79. The number of fused-ring (bicyclic) bond motifs is 1. The Bertz CT molecular complexity index is 1480. The van der Waals surface area contributed by atoms with E-state index in [1.165, 1.54) is 0 Å². The number of likely N-dealkylation sites (N-methyl/N-ethyl adjacent to an activating group) is 1. The number of benzene rings is 3. The van der Waals surface area contributed by atoms with E-state index in [0.717, 1.165) is 53.2 Å². The number of nitrogens with one attached hydrogen (secondary N) is 3. The highest BCUT2D eigenvalue weighted by atomic mass is 16.7. The SMILES string of the molecule is CCOC(=O)c1ccc(NC(=O)N[C@@H](Cc2ccc(OC)cc2)C(=O)N[C@H]2CC[N+](C)(Cc3ccc4c(c3)OCO4)C2)cc1. The number of rotatable bonds is 11. The summed E-state index contributed by atoms with van der Waals surface area (Å²) in [7, 11) is 3.78. The molecule has 3 atom stereocenters. The molecule has 11 heteroatoms. The minimum absolute atomic E-state index is 0.0415. The number of quaternary nitrogens is 1. The zero-order valence-electron chi connectivity index (χ0n) is 25.3. The highest BCUT2D eigenvalue weighted by Gasteiger charge is 2.37. The zero-order valence-corrected chi connectivity index (χ0v) is 25.3. The number of carbonyl (C=O) groups is 3. The summed E-state index contributed by atoms with van der Waals surface area (Å²) < 4.78 is 22.0. The van der Waals surface area contributed by atoms with Gasteiger partial charge in [-0.3, -0.25) is 4.79 Å². The van der Waals surface area contributed by atoms with Crippen LogP contribution in [0.4, 0.5) is 10.5 Å². The maximum absolute atomic E-state index is 13.6. The fourth-order valence-corrected chi connectivity index (χ4v) is 5.66. The molecule has 0 aromatic heterocycles. The van der Waals surface area contributed by atoms with E-state index in [9.17, 15) is 14.4 Å². The second-order valence-electron chi connectivity index (χ2n) is 11.4. The van der Waals surface area contributed by atoms with Gasteiger partial charge < -0.3 is 39.4 Å². The topological polar surface area (TPSA) is 124 Å². The van der Waals surface area contributed by atoms with Crippen LogP contribution in [0.25, 0.3) is 0 Å². The summed E-state index contributed by atoms with van der Waals surface area (Å²) in [5.74, 6) is 1.54. The molecule has 3 N–H and O–H groups in total. The average Bonchev–Trinajstić information content (AvgIpc) is 3.63. The van der Waals surface area contributed by atoms with Crippen LogP contribution < -0.4 is 30.2 Å². The maximum atomic E-state index is 13.6. The third-order valence-electron chi connectivity index (χ3n) is 7.90. The van der Waals surface area contributed by atoms with Crippen molar-refractivity contribution >= 4 is 23.6 Å². The molecule has 2 aliphatic rings. The number of carbonyl (C=O) groups excluding carboxylic acids is 3. The highest BCUT2D eigenvalue weighted by Crippen LogP contribution is 2.34. The molecule has 232 valence electrons. The van der Waals surface area contributed by atoms with Gasteiger partial charge in [-0.25, -0.2) is 9.59 Å². The number of hydrogen-bond acceptors (Lipinski definition) is 7. The van der Waals surface area contributed by atoms with E-state index in [2.05, 4.69) is 29.1 Å². The first-order valence-corrected chi connectivity index (χ1v) is 14.7. The van der Waals surface area contributed by atoms with E-state index in [1.54, 1.807) is 38.3 Å². The minimum atomic E-state index is -0.824. The van der Waals surface area contributed by atoms with Gasteiger partial charge in [-0.05, 0) is 67.1 Å². The first-order valence-electron chi connectivity index (χ1n) is 14.7. The summed E-state index contributed by atoms with van der Waals surface area (Å²) in [6.45, 7) is 4.71. The van der Waals surface area contributed by atoms with E-state index in [0.29, 0.717) is 23.4 Å². The second kappa shape index (κ2) is 13.7. The molecule has 11 nitrogen and oxygen atoms in total. The van der Waals surface area contributed by atoms with Crippen molar-refractivity contribution in [1.29, 1.82) is 0 Å². The molecule has 0 radical (unpaired) electrons. The molecular weight excluding hydrogens is 564 g/mol. The Morgan fingerprint density at radius 2 is 1.70 bits per heavy atom. The molecule has 0 saturated carbocycles. The normalized spacial score (nSPS) is 19.1. The van der Waals surface area contributed by atoms with Crippen LogP contribution in [-0.4, -0.2) is 75.1 Å². The zero-order chi connectivity index (χ0) is 31.1. The molecule has 0 bridgehead atoms. The van der Waals surface area contributed by atoms with Gasteiger partial charge in [-0.2, -0.15) is 0 Å². The Labute approximate surface area is 257 Å². The maximum Gasteiger partial charge on any atom is 0.338 e. The first kappa shape index (κ1) is 30.7. The van der Waals surface area contributed by atoms with Gasteiger partial charge in [0.05, 0.1) is 45.5 Å². The summed E-state index contributed by atoms with van der Waals surface area (Å²) >= 11 is 0. The van der Waals surface area contributed by atoms with E-state index in [1.807, 2.05) is 36.4 Å². The molecule has 3 amide bonds. The lowest BCUT2D eigenvalue weighted by atomic mass is 10.0. The number of ether oxygens (including phenoxy) is 4. The molecule has 3 aromatic rings. The average molecular weight is 604 g/mol. The van der Waals surface area contributed by atoms with Gasteiger partial charge in [0.2, 0.25) is 12.7 Å². The van der Waals surface area contributed by atoms with Crippen molar-refractivity contribution in [3.63, 3.8) is 0 Å². The molecule has 3 aromatic carbocycles. The molecule has 2 aliphatic heterocycles. The smallest absolute Gasteiger partial charge is 0.338 e. The Morgan fingerprint density at radius 1 is 0.977 bits per heavy atom. The van der Waals surface area contributed by atoms with Crippen molar-refractivity contribution in [2.45, 2.75) is 38.4 Å². The van der Waals surface area contributed by atoms with Gasteiger partial charge in [-0.15, -0.1) is 0 Å². The summed E-state index contributed by atoms with van der Waals surface area (Å²) in [6, 6.07) is 18.4. The van der Waals surface area contributed by atoms with Crippen molar-refractivity contribution in [1.82, 2.24) is 10.6 Å². The van der Waals surface area contributed by atoms with Gasteiger partial charge in [0, 0.05) is 24.1 Å². The molecular formula is C33H39N4O7+. The number of likely N-dealkylation sites (tertiary alicyclic amines) is 1. The molecule has 44 heavy (non-hydrogen) atoms. The van der Waals surface area contributed by atoms with Crippen molar-refractivity contribution in [3.8, 4) is 17.2 Å². The minimum Gasteiger partial charge on any atom is -0.497 e. The molecule has 0 aliphatic carbocycles. The van der Waals surface area contributed by atoms with Crippen molar-refractivity contribution < 1.29 is 37.8 Å². The van der Waals surface area contributed by atoms with Crippen LogP contribution in [0, 0.1) is 0 Å². The lowest BCUT2D eigenvalue weighted by Crippen LogP contribution is -2.53. The number of anilines is 1. The summed E-state index contributed by atoms with van der Waals surface area (Å²) in [4.78, 5) is 38.6. The van der Waals surface area contributed by atoms with Crippen molar-refractivity contribution in [3.05, 3.63) is 83.4 Å². The van der Waals surface area contributed by atoms with Crippen LogP contribution in [0.5, 0.6) is 17.2 Å². The van der Waals surface area contributed by atoms with Crippen molar-refractivity contribution in [2.24, 2.45) is 0 Å². The fourth-order valence-electron chi connectivity index (χ4n) is 5.66. The van der Waals surface area contributed by atoms with Crippen LogP contribution in [-0.2, 0) is 22.5 Å². The third-order valence-corrected chi connectivity index (χ3v) is 7.90. The second-order valence-corrected chi connectivity index (χ2v) is 11.4. The Morgan fingerprint density at radius 3 is 2.43 bits per heavy atom. The molecule has 1 fully saturated rings. The van der Waals surface area contributed by atoms with Crippen LogP contribution in [0.15, 0.2) is 66.7 Å². The van der Waals surface area contributed by atoms with E-state index in [4.69, 9.17) is 18.9 Å². The monoisotopic (exact) mass is 603 g/mol. The molecule has 0 spiro atoms. The van der Waals surface area contributed by atoms with E-state index < -0.39 is 18.0 Å². The van der Waals surface area contributed by atoms with Crippen LogP contribution in [0.3, 0.4) is 0 Å². The predicted octanol–water partition coefficient (Wildman–Crippen LogP) is 3.87. The van der Waals surface area contributed by atoms with Crippen LogP contribution in [0.2, 0.25) is 0 Å². The largest absolute Gasteiger partial charge is 0.497 e. The number of hydrogen-bond donors (Lipinski definition) is 3.